The van der Waals surface area contributed by atoms with Gasteiger partial charge in [-0.3, -0.25) is 4.79 Å². The van der Waals surface area contributed by atoms with Crippen molar-refractivity contribution in [3.63, 3.8) is 0 Å². The molecule has 0 fully saturated rings. The summed E-state index contributed by atoms with van der Waals surface area (Å²) in [4.78, 5) is 11.7. The fraction of sp³-hybridized carbons (Fsp3) is 0.417. The van der Waals surface area contributed by atoms with Crippen molar-refractivity contribution in [2.45, 2.75) is 6.18 Å². The van der Waals surface area contributed by atoms with Gasteiger partial charge >= 0.3 is 6.18 Å². The van der Waals surface area contributed by atoms with Gasteiger partial charge in [-0.05, 0) is 12.1 Å². The van der Waals surface area contributed by atoms with Gasteiger partial charge in [-0.25, -0.2) is 0 Å². The Hall–Kier alpha value is -1.76. The van der Waals surface area contributed by atoms with E-state index < -0.39 is 25.0 Å². The predicted octanol–water partition coefficient (Wildman–Crippen LogP) is 2.04. The third kappa shape index (κ3) is 5.17. The third-order valence-electron chi connectivity index (χ3n) is 2.28. The van der Waals surface area contributed by atoms with Crippen molar-refractivity contribution in [1.29, 1.82) is 0 Å². The standard InChI is InChI=1S/C12H14F3NO3/c1-18-9-3-8(4-10(5-9)19-2)11(17)6-16-7-12(13,14)15/h3-5,16H,6-7H2,1-2H3. The number of benzene rings is 1. The van der Waals surface area contributed by atoms with Crippen LogP contribution in [0.5, 0.6) is 11.5 Å². The minimum absolute atomic E-state index is 0.228. The van der Waals surface area contributed by atoms with E-state index in [9.17, 15) is 18.0 Å². The van der Waals surface area contributed by atoms with Crippen LogP contribution in [0.15, 0.2) is 18.2 Å². The summed E-state index contributed by atoms with van der Waals surface area (Å²) < 4.78 is 45.7. The number of halogens is 3. The highest BCUT2D eigenvalue weighted by atomic mass is 19.4. The second kappa shape index (κ2) is 6.42. The molecule has 0 aliphatic heterocycles. The van der Waals surface area contributed by atoms with E-state index in [0.717, 1.165) is 0 Å². The number of carbonyl (C=O) groups excluding carboxylic acids is 1. The summed E-state index contributed by atoms with van der Waals surface area (Å²) in [5.41, 5.74) is 0.228. The highest BCUT2D eigenvalue weighted by Gasteiger charge is 2.26. The van der Waals surface area contributed by atoms with E-state index in [1.807, 2.05) is 5.32 Å². The number of carbonyl (C=O) groups is 1. The molecule has 0 unspecified atom stereocenters. The van der Waals surface area contributed by atoms with Crippen LogP contribution in [0.25, 0.3) is 0 Å². The lowest BCUT2D eigenvalue weighted by Gasteiger charge is -2.09. The molecule has 1 N–H and O–H groups in total. The predicted molar refractivity (Wildman–Crippen MR) is 62.8 cm³/mol. The Balaban J connectivity index is 2.71. The number of methoxy groups -OCH3 is 2. The number of Topliss-reactive ketones (excluding diaryl/α,β-unsaturated/α-hetero) is 1. The first kappa shape index (κ1) is 15.3. The SMILES string of the molecule is COc1cc(OC)cc(C(=O)CNCC(F)(F)F)c1. The second-order valence-electron chi connectivity index (χ2n) is 3.74. The van der Waals surface area contributed by atoms with Crippen LogP contribution in [0.2, 0.25) is 0 Å². The fourth-order valence-electron chi connectivity index (χ4n) is 1.39. The van der Waals surface area contributed by atoms with E-state index >= 15 is 0 Å². The number of alkyl halides is 3. The van der Waals surface area contributed by atoms with Crippen molar-refractivity contribution in [3.8, 4) is 11.5 Å². The summed E-state index contributed by atoms with van der Waals surface area (Å²) in [6.07, 6.45) is -4.34. The summed E-state index contributed by atoms with van der Waals surface area (Å²) in [5, 5.41) is 2.04. The number of ether oxygens (including phenoxy) is 2. The summed E-state index contributed by atoms with van der Waals surface area (Å²) in [7, 11) is 2.84. The zero-order valence-electron chi connectivity index (χ0n) is 10.5. The van der Waals surface area contributed by atoms with Crippen LogP contribution in [0.3, 0.4) is 0 Å². The molecule has 0 spiro atoms. The van der Waals surface area contributed by atoms with Crippen LogP contribution in [0, 0.1) is 0 Å². The van der Waals surface area contributed by atoms with Gasteiger partial charge in [0.2, 0.25) is 0 Å². The van der Waals surface area contributed by atoms with E-state index in [-0.39, 0.29) is 5.56 Å². The van der Waals surface area contributed by atoms with Crippen LogP contribution in [0.1, 0.15) is 10.4 Å². The van der Waals surface area contributed by atoms with Crippen LogP contribution in [0.4, 0.5) is 13.2 Å². The van der Waals surface area contributed by atoms with Crippen molar-refractivity contribution in [2.24, 2.45) is 0 Å². The van der Waals surface area contributed by atoms with Crippen molar-refractivity contribution in [1.82, 2.24) is 5.32 Å². The molecule has 0 amide bonds. The van der Waals surface area contributed by atoms with Gasteiger partial charge in [0.05, 0.1) is 27.3 Å². The Morgan fingerprint density at radius 2 is 1.68 bits per heavy atom. The van der Waals surface area contributed by atoms with Crippen LogP contribution >= 0.6 is 0 Å². The lowest BCUT2D eigenvalue weighted by atomic mass is 10.1. The molecular weight excluding hydrogens is 263 g/mol. The van der Waals surface area contributed by atoms with E-state index in [2.05, 4.69) is 0 Å². The zero-order chi connectivity index (χ0) is 14.5. The quantitative estimate of drug-likeness (QED) is 0.808. The van der Waals surface area contributed by atoms with Crippen LogP contribution in [-0.2, 0) is 0 Å². The van der Waals surface area contributed by atoms with Crippen molar-refractivity contribution in [2.75, 3.05) is 27.3 Å². The molecule has 0 bridgehead atoms. The summed E-state index contributed by atoms with van der Waals surface area (Å²) in [6, 6.07) is 4.46. The number of ketones is 1. The van der Waals surface area contributed by atoms with Gasteiger partial charge in [0, 0.05) is 11.6 Å². The van der Waals surface area contributed by atoms with Gasteiger partial charge in [0.25, 0.3) is 0 Å². The van der Waals surface area contributed by atoms with Crippen molar-refractivity contribution >= 4 is 5.78 Å². The Morgan fingerprint density at radius 1 is 1.16 bits per heavy atom. The van der Waals surface area contributed by atoms with Gasteiger partial charge in [0.1, 0.15) is 11.5 Å². The highest BCUT2D eigenvalue weighted by molar-refractivity contribution is 5.98. The largest absolute Gasteiger partial charge is 0.497 e. The van der Waals surface area contributed by atoms with E-state index in [0.29, 0.717) is 11.5 Å². The normalized spacial score (nSPS) is 11.2. The number of hydrogen-bond acceptors (Lipinski definition) is 4. The zero-order valence-corrected chi connectivity index (χ0v) is 10.5. The highest BCUT2D eigenvalue weighted by Crippen LogP contribution is 2.22. The van der Waals surface area contributed by atoms with Gasteiger partial charge in [0.15, 0.2) is 5.78 Å². The molecule has 1 rings (SSSR count). The van der Waals surface area contributed by atoms with Crippen molar-refractivity contribution < 1.29 is 27.4 Å². The first-order valence-electron chi connectivity index (χ1n) is 5.39. The molecule has 0 radical (unpaired) electrons. The lowest BCUT2D eigenvalue weighted by molar-refractivity contribution is -0.124. The molecule has 0 atom stereocenters. The van der Waals surface area contributed by atoms with Gasteiger partial charge in [-0.2, -0.15) is 13.2 Å². The summed E-state index contributed by atoms with van der Waals surface area (Å²) in [6.45, 7) is -1.62. The first-order chi connectivity index (χ1) is 8.85. The minimum atomic E-state index is -4.34. The van der Waals surface area contributed by atoms with Crippen molar-refractivity contribution in [3.05, 3.63) is 23.8 Å². The maximum Gasteiger partial charge on any atom is 0.401 e. The second-order valence-corrected chi connectivity index (χ2v) is 3.74. The van der Waals surface area contributed by atoms with Gasteiger partial charge < -0.3 is 14.8 Å². The summed E-state index contributed by atoms with van der Waals surface area (Å²) in [5.74, 6) is 0.332. The molecule has 0 aliphatic carbocycles. The lowest BCUT2D eigenvalue weighted by Crippen LogP contribution is -2.32. The average Bonchev–Trinajstić information content (AvgIpc) is 2.36. The molecule has 0 aromatic heterocycles. The maximum atomic E-state index is 11.9. The van der Waals surface area contributed by atoms with Crippen LogP contribution < -0.4 is 14.8 Å². The molecule has 0 saturated carbocycles. The number of nitrogens with one attached hydrogen (secondary N) is 1. The van der Waals surface area contributed by atoms with E-state index in [1.54, 1.807) is 6.07 Å². The molecule has 7 heteroatoms. The minimum Gasteiger partial charge on any atom is -0.497 e. The molecule has 106 valence electrons. The maximum absolute atomic E-state index is 11.9. The molecule has 0 heterocycles. The van der Waals surface area contributed by atoms with Gasteiger partial charge in [-0.15, -0.1) is 0 Å². The number of rotatable bonds is 6. The monoisotopic (exact) mass is 277 g/mol. The smallest absolute Gasteiger partial charge is 0.401 e. The Bertz CT molecular complexity index is 424. The molecule has 0 aliphatic rings. The Morgan fingerprint density at radius 3 is 2.11 bits per heavy atom. The molecule has 1 aromatic carbocycles. The van der Waals surface area contributed by atoms with E-state index in [4.69, 9.17) is 9.47 Å². The Labute approximate surface area is 108 Å². The topological polar surface area (TPSA) is 47.6 Å². The first-order valence-corrected chi connectivity index (χ1v) is 5.39. The van der Waals surface area contributed by atoms with Gasteiger partial charge in [-0.1, -0.05) is 0 Å². The number of hydrogen-bond donors (Lipinski definition) is 1. The van der Waals surface area contributed by atoms with Crippen LogP contribution in [-0.4, -0.2) is 39.3 Å². The average molecular weight is 277 g/mol. The molecule has 4 nitrogen and oxygen atoms in total. The Kier molecular flexibility index (Phi) is 5.17. The summed E-state index contributed by atoms with van der Waals surface area (Å²) >= 11 is 0. The molecule has 19 heavy (non-hydrogen) atoms. The van der Waals surface area contributed by atoms with E-state index in [1.165, 1.54) is 26.4 Å². The third-order valence-corrected chi connectivity index (χ3v) is 2.28. The molecule has 0 saturated heterocycles. The fourth-order valence-corrected chi connectivity index (χ4v) is 1.39. The molecule has 1 aromatic rings. The molecular formula is C12H14F3NO3.